The molecule has 0 aliphatic rings. The molecule has 1 heterocycles. The van der Waals surface area contributed by atoms with Crippen molar-refractivity contribution < 1.29 is 4.74 Å². The fourth-order valence-corrected chi connectivity index (χ4v) is 1.22. The van der Waals surface area contributed by atoms with Gasteiger partial charge in [-0.25, -0.2) is 0 Å². The van der Waals surface area contributed by atoms with Crippen LogP contribution in [0.5, 0.6) is 5.75 Å². The van der Waals surface area contributed by atoms with Crippen molar-refractivity contribution in [2.45, 2.75) is 0 Å². The molecular weight excluding hydrogens is 162 g/mol. The summed E-state index contributed by atoms with van der Waals surface area (Å²) >= 11 is 0. The first-order valence-corrected chi connectivity index (χ1v) is 3.88. The van der Waals surface area contributed by atoms with E-state index in [4.69, 9.17) is 11.2 Å². The Hall–Kier alpha value is -2.01. The Balaban J connectivity index is 2.70. The monoisotopic (exact) mass is 169 g/mol. The summed E-state index contributed by atoms with van der Waals surface area (Å²) in [5.41, 5.74) is 0.794. The zero-order chi connectivity index (χ0) is 9.10. The Kier molecular flexibility index (Phi) is 1.85. The van der Waals surface area contributed by atoms with E-state index >= 15 is 0 Å². The molecule has 0 spiro atoms. The Labute approximate surface area is 76.2 Å². The van der Waals surface area contributed by atoms with Crippen LogP contribution in [0.15, 0.2) is 36.5 Å². The molecular formula is C11H7NO. The lowest BCUT2D eigenvalue weighted by atomic mass is 10.2. The maximum absolute atomic E-state index is 5.05. The molecule has 0 atom stereocenters. The summed E-state index contributed by atoms with van der Waals surface area (Å²) in [4.78, 5) is 4.18. The molecule has 2 heteroatoms. The van der Waals surface area contributed by atoms with E-state index in [9.17, 15) is 0 Å². The molecule has 0 saturated carbocycles. The van der Waals surface area contributed by atoms with Gasteiger partial charge in [0.15, 0.2) is 5.75 Å². The largest absolute Gasteiger partial charge is 0.406 e. The molecule has 2 nitrogen and oxygen atoms in total. The zero-order valence-corrected chi connectivity index (χ0v) is 6.90. The lowest BCUT2D eigenvalue weighted by Gasteiger charge is -2.00. The lowest BCUT2D eigenvalue weighted by Crippen LogP contribution is -1.85. The van der Waals surface area contributed by atoms with Crippen LogP contribution < -0.4 is 4.74 Å². The smallest absolute Gasteiger partial charge is 0.166 e. The minimum absolute atomic E-state index is 0.626. The summed E-state index contributed by atoms with van der Waals surface area (Å²) in [5, 5.41) is 1.02. The number of aromatic nitrogens is 1. The van der Waals surface area contributed by atoms with Crippen molar-refractivity contribution in [3.8, 4) is 18.3 Å². The molecule has 0 amide bonds. The van der Waals surface area contributed by atoms with Crippen LogP contribution in [0.1, 0.15) is 0 Å². The molecule has 0 radical (unpaired) electrons. The topological polar surface area (TPSA) is 22.1 Å². The quantitative estimate of drug-likeness (QED) is 0.610. The highest BCUT2D eigenvalue weighted by Gasteiger charge is 2.00. The van der Waals surface area contributed by atoms with E-state index in [1.807, 2.05) is 24.3 Å². The van der Waals surface area contributed by atoms with Gasteiger partial charge in [-0.3, -0.25) is 4.98 Å². The molecule has 0 fully saturated rings. The van der Waals surface area contributed by atoms with E-state index < -0.39 is 0 Å². The van der Waals surface area contributed by atoms with Gasteiger partial charge in [0.2, 0.25) is 0 Å². The van der Waals surface area contributed by atoms with Crippen molar-refractivity contribution in [1.82, 2.24) is 4.98 Å². The van der Waals surface area contributed by atoms with Crippen LogP contribution in [0.4, 0.5) is 0 Å². The second-order valence-electron chi connectivity index (χ2n) is 2.55. The highest BCUT2D eigenvalue weighted by Crippen LogP contribution is 2.22. The van der Waals surface area contributed by atoms with Gasteiger partial charge in [0.05, 0.1) is 0 Å². The fraction of sp³-hybridized carbons (Fsp3) is 0. The number of hydrogen-bond acceptors (Lipinski definition) is 2. The van der Waals surface area contributed by atoms with Gasteiger partial charge >= 0.3 is 0 Å². The fourth-order valence-electron chi connectivity index (χ4n) is 1.22. The third kappa shape index (κ3) is 1.32. The van der Waals surface area contributed by atoms with Gasteiger partial charge in [-0.15, -0.1) is 0 Å². The molecule has 1 aromatic carbocycles. The van der Waals surface area contributed by atoms with Crippen molar-refractivity contribution in [3.05, 3.63) is 36.5 Å². The number of ether oxygens (including phenoxy) is 1. The van der Waals surface area contributed by atoms with Crippen LogP contribution >= 0.6 is 0 Å². The van der Waals surface area contributed by atoms with E-state index in [-0.39, 0.29) is 0 Å². The average molecular weight is 169 g/mol. The minimum Gasteiger partial charge on any atom is -0.406 e. The summed E-state index contributed by atoms with van der Waals surface area (Å²) < 4.78 is 4.98. The molecule has 1 aromatic heterocycles. The number of pyridine rings is 1. The van der Waals surface area contributed by atoms with Gasteiger partial charge in [-0.1, -0.05) is 24.6 Å². The number of fused-ring (bicyclic) bond motifs is 1. The van der Waals surface area contributed by atoms with E-state index in [2.05, 4.69) is 11.1 Å². The minimum atomic E-state index is 0.626. The van der Waals surface area contributed by atoms with Gasteiger partial charge < -0.3 is 4.74 Å². The third-order valence-corrected chi connectivity index (χ3v) is 1.76. The molecule has 0 bridgehead atoms. The van der Waals surface area contributed by atoms with Crippen LogP contribution in [-0.2, 0) is 0 Å². The highest BCUT2D eigenvalue weighted by molar-refractivity contribution is 5.84. The number of para-hydroxylation sites is 1. The normalized spacial score (nSPS) is 9.46. The predicted molar refractivity (Wildman–Crippen MR) is 51.2 cm³/mol. The van der Waals surface area contributed by atoms with E-state index in [1.54, 1.807) is 12.3 Å². The van der Waals surface area contributed by atoms with Crippen molar-refractivity contribution in [3.63, 3.8) is 0 Å². The molecule has 13 heavy (non-hydrogen) atoms. The molecule has 0 N–H and O–H groups in total. The molecule has 0 aliphatic carbocycles. The highest BCUT2D eigenvalue weighted by atomic mass is 16.5. The Morgan fingerprint density at radius 1 is 1.23 bits per heavy atom. The van der Waals surface area contributed by atoms with Crippen LogP contribution in [-0.4, -0.2) is 4.98 Å². The zero-order valence-electron chi connectivity index (χ0n) is 6.90. The third-order valence-electron chi connectivity index (χ3n) is 1.76. The second-order valence-corrected chi connectivity index (χ2v) is 2.55. The Morgan fingerprint density at radius 3 is 2.92 bits per heavy atom. The molecule has 0 saturated heterocycles. The van der Waals surface area contributed by atoms with Crippen molar-refractivity contribution in [2.75, 3.05) is 0 Å². The van der Waals surface area contributed by atoms with Gasteiger partial charge in [0.1, 0.15) is 11.6 Å². The van der Waals surface area contributed by atoms with Gasteiger partial charge in [0.25, 0.3) is 0 Å². The Bertz CT molecular complexity index is 465. The SMILES string of the molecule is C#COc1cccc2cccnc12. The van der Waals surface area contributed by atoms with Gasteiger partial charge in [-0.2, -0.15) is 0 Å². The van der Waals surface area contributed by atoms with Crippen molar-refractivity contribution >= 4 is 10.9 Å². The van der Waals surface area contributed by atoms with Crippen LogP contribution in [0.25, 0.3) is 10.9 Å². The first kappa shape index (κ1) is 7.63. The number of benzene rings is 1. The maximum atomic E-state index is 5.05. The van der Waals surface area contributed by atoms with Crippen LogP contribution in [0.3, 0.4) is 0 Å². The molecule has 0 aliphatic heterocycles. The molecule has 62 valence electrons. The van der Waals surface area contributed by atoms with E-state index in [0.717, 1.165) is 10.9 Å². The van der Waals surface area contributed by atoms with Gasteiger partial charge in [-0.05, 0) is 12.1 Å². The summed E-state index contributed by atoms with van der Waals surface area (Å²) in [7, 11) is 0. The first-order chi connectivity index (χ1) is 6.42. The molecule has 2 aromatic rings. The predicted octanol–water partition coefficient (Wildman–Crippen LogP) is 2.20. The lowest BCUT2D eigenvalue weighted by molar-refractivity contribution is 0.526. The molecule has 2 rings (SSSR count). The van der Waals surface area contributed by atoms with Crippen molar-refractivity contribution in [2.24, 2.45) is 0 Å². The number of rotatable bonds is 1. The van der Waals surface area contributed by atoms with Crippen LogP contribution in [0.2, 0.25) is 0 Å². The van der Waals surface area contributed by atoms with E-state index in [1.165, 1.54) is 0 Å². The first-order valence-electron chi connectivity index (χ1n) is 3.88. The van der Waals surface area contributed by atoms with E-state index in [0.29, 0.717) is 5.75 Å². The maximum Gasteiger partial charge on any atom is 0.166 e. The summed E-state index contributed by atoms with van der Waals surface area (Å²) in [6.45, 7) is 0. The number of nitrogens with zero attached hydrogens (tertiary/aromatic N) is 1. The standard InChI is InChI=1S/C11H7NO/c1-2-13-10-7-3-5-9-6-4-8-12-11(9)10/h1,3-8H. The summed E-state index contributed by atoms with van der Waals surface area (Å²) in [5.74, 6) is 0.626. The second kappa shape index (κ2) is 3.16. The summed E-state index contributed by atoms with van der Waals surface area (Å²) in [6, 6.07) is 9.49. The number of terminal acetylenes is 1. The molecule has 0 unspecified atom stereocenters. The van der Waals surface area contributed by atoms with Crippen LogP contribution in [0, 0.1) is 12.5 Å². The van der Waals surface area contributed by atoms with Crippen molar-refractivity contribution in [1.29, 1.82) is 0 Å². The summed E-state index contributed by atoms with van der Waals surface area (Å²) in [6.07, 6.45) is 8.90. The average Bonchev–Trinajstić information content (AvgIpc) is 2.19. The Morgan fingerprint density at radius 2 is 2.08 bits per heavy atom. The van der Waals surface area contributed by atoms with Gasteiger partial charge in [0, 0.05) is 11.6 Å². The number of hydrogen-bond donors (Lipinski definition) is 0.